The smallest absolute Gasteiger partial charge is 0.176 e. The van der Waals surface area contributed by atoms with Crippen molar-refractivity contribution >= 4 is 50.0 Å². The van der Waals surface area contributed by atoms with E-state index < -0.39 is 0 Å². The summed E-state index contributed by atoms with van der Waals surface area (Å²) in [6.07, 6.45) is 1.87. The first-order valence-corrected chi connectivity index (χ1v) is 16.7. The third-order valence-electron chi connectivity index (χ3n) is 9.39. The fraction of sp³-hybridized carbons (Fsp3) is 0.0455. The van der Waals surface area contributed by atoms with Crippen molar-refractivity contribution in [2.24, 2.45) is 7.05 Å². The van der Waals surface area contributed by atoms with Crippen LogP contribution < -0.4 is 14.4 Å². The molecule has 0 unspecified atom stereocenters. The standard InChI is InChI=1S/C32H18N3O3.C12H10N.Ir/c1-34-28-21(33-32(34)20-10-6-9-19-18-8-2-4-12-24(18)37-30(19)20)16-17-23-31(28)38-27-15-7-14-26-29(27)35(23)22-11-3-5-13-25(22)36-26;1-10-7-8-12(13-9-10)11-5-3-2-4-6-11;/h2-9,11-17H,1H3;2-5,7-9H,1H3;/q2*-1;. The van der Waals surface area contributed by atoms with Gasteiger partial charge in [-0.15, -0.1) is 54.1 Å². The van der Waals surface area contributed by atoms with E-state index in [0.717, 1.165) is 95.7 Å². The monoisotopic (exact) mass is 853 g/mol. The Morgan fingerprint density at radius 2 is 1.48 bits per heavy atom. The number of hydrogen-bond donors (Lipinski definition) is 0. The molecule has 7 nitrogen and oxygen atoms in total. The molecule has 11 rings (SSSR count). The maximum absolute atomic E-state index is 6.60. The van der Waals surface area contributed by atoms with Crippen LogP contribution >= 0.6 is 0 Å². The molecule has 8 heteroatoms. The predicted octanol–water partition coefficient (Wildman–Crippen LogP) is 11.5. The van der Waals surface area contributed by atoms with Crippen LogP contribution in [0.3, 0.4) is 0 Å². The van der Waals surface area contributed by atoms with Gasteiger partial charge in [-0.1, -0.05) is 59.5 Å². The van der Waals surface area contributed by atoms with Gasteiger partial charge in [0.15, 0.2) is 23.0 Å². The molecule has 3 aromatic heterocycles. The first-order chi connectivity index (χ1) is 25.1. The van der Waals surface area contributed by atoms with E-state index >= 15 is 0 Å². The van der Waals surface area contributed by atoms with Crippen molar-refractivity contribution in [1.82, 2.24) is 14.5 Å². The molecule has 253 valence electrons. The third-order valence-corrected chi connectivity index (χ3v) is 9.39. The first kappa shape index (κ1) is 31.7. The number of nitrogens with zero attached hydrogens (tertiary/aromatic N) is 4. The van der Waals surface area contributed by atoms with Crippen molar-refractivity contribution in [2.75, 3.05) is 4.90 Å². The molecule has 0 fully saturated rings. The van der Waals surface area contributed by atoms with Gasteiger partial charge in [-0.2, -0.15) is 0 Å². The summed E-state index contributed by atoms with van der Waals surface area (Å²) in [7, 11) is 2.02. The number of pyridine rings is 1. The van der Waals surface area contributed by atoms with Gasteiger partial charge < -0.3 is 23.4 Å². The van der Waals surface area contributed by atoms with E-state index in [1.807, 2.05) is 123 Å². The zero-order valence-electron chi connectivity index (χ0n) is 28.0. The molecular weight excluding hydrogens is 825 g/mol. The molecule has 0 atom stereocenters. The van der Waals surface area contributed by atoms with E-state index in [-0.39, 0.29) is 20.1 Å². The van der Waals surface area contributed by atoms with E-state index in [1.54, 1.807) is 0 Å². The van der Waals surface area contributed by atoms with Gasteiger partial charge in [0.05, 0.1) is 28.3 Å². The van der Waals surface area contributed by atoms with Crippen molar-refractivity contribution in [3.63, 3.8) is 0 Å². The van der Waals surface area contributed by atoms with Crippen LogP contribution in [-0.4, -0.2) is 14.5 Å². The summed E-state index contributed by atoms with van der Waals surface area (Å²) >= 11 is 0. The van der Waals surface area contributed by atoms with Gasteiger partial charge in [0.2, 0.25) is 0 Å². The quantitative estimate of drug-likeness (QED) is 0.161. The van der Waals surface area contributed by atoms with Gasteiger partial charge in [0.1, 0.15) is 16.8 Å². The molecule has 0 spiro atoms. The molecule has 6 aromatic carbocycles. The predicted molar refractivity (Wildman–Crippen MR) is 200 cm³/mol. The zero-order chi connectivity index (χ0) is 34.1. The summed E-state index contributed by atoms with van der Waals surface area (Å²) in [5, 5.41) is 2.13. The summed E-state index contributed by atoms with van der Waals surface area (Å²) in [4.78, 5) is 11.6. The van der Waals surface area contributed by atoms with Gasteiger partial charge in [-0.05, 0) is 60.6 Å². The number of rotatable bonds is 2. The summed E-state index contributed by atoms with van der Waals surface area (Å²) in [5.74, 6) is 3.84. The fourth-order valence-electron chi connectivity index (χ4n) is 7.01. The molecule has 1 radical (unpaired) electrons. The third kappa shape index (κ3) is 4.99. The molecule has 9 aromatic rings. The number of imidazole rings is 1. The summed E-state index contributed by atoms with van der Waals surface area (Å²) in [6, 6.07) is 48.6. The van der Waals surface area contributed by atoms with Crippen LogP contribution in [0, 0.1) is 19.1 Å². The molecule has 0 amide bonds. The first-order valence-electron chi connectivity index (χ1n) is 16.7. The average molecular weight is 853 g/mol. The van der Waals surface area contributed by atoms with Crippen LogP contribution in [0.15, 0.2) is 138 Å². The van der Waals surface area contributed by atoms with Crippen LogP contribution in [0.25, 0.3) is 55.6 Å². The van der Waals surface area contributed by atoms with Gasteiger partial charge in [-0.3, -0.25) is 9.88 Å². The van der Waals surface area contributed by atoms with Crippen molar-refractivity contribution in [2.45, 2.75) is 6.92 Å². The molecule has 0 saturated heterocycles. The Hall–Kier alpha value is -6.21. The van der Waals surface area contributed by atoms with Gasteiger partial charge in [0, 0.05) is 38.7 Å². The van der Waals surface area contributed by atoms with Crippen molar-refractivity contribution in [3.05, 3.63) is 151 Å². The van der Waals surface area contributed by atoms with Crippen LogP contribution in [0.5, 0.6) is 23.0 Å². The summed E-state index contributed by atoms with van der Waals surface area (Å²) in [5.41, 5.74) is 10.2. The number of para-hydroxylation sites is 4. The van der Waals surface area contributed by atoms with E-state index in [4.69, 9.17) is 18.9 Å². The molecule has 0 saturated carbocycles. The maximum atomic E-state index is 6.60. The normalized spacial score (nSPS) is 12.2. The maximum Gasteiger partial charge on any atom is 0.176 e. The molecule has 2 aliphatic heterocycles. The zero-order valence-corrected chi connectivity index (χ0v) is 30.4. The Labute approximate surface area is 313 Å². The second kappa shape index (κ2) is 12.5. The number of fused-ring (bicyclic) bond motifs is 9. The van der Waals surface area contributed by atoms with Crippen LogP contribution in [0.4, 0.5) is 17.1 Å². The van der Waals surface area contributed by atoms with E-state index in [1.165, 1.54) is 5.56 Å². The minimum absolute atomic E-state index is 0. The molecule has 0 bridgehead atoms. The van der Waals surface area contributed by atoms with Gasteiger partial charge in [-0.25, -0.2) is 0 Å². The summed E-state index contributed by atoms with van der Waals surface area (Å²) < 4.78 is 21.2. The molecular formula is C44H28IrN4O3-2. The van der Waals surface area contributed by atoms with Crippen molar-refractivity contribution in [3.8, 4) is 45.6 Å². The topological polar surface area (TPSA) is 65.5 Å². The Morgan fingerprint density at radius 3 is 2.33 bits per heavy atom. The van der Waals surface area contributed by atoms with Crippen LogP contribution in [-0.2, 0) is 27.2 Å². The van der Waals surface area contributed by atoms with Gasteiger partial charge in [0.25, 0.3) is 0 Å². The Morgan fingerprint density at radius 1 is 0.673 bits per heavy atom. The average Bonchev–Trinajstić information content (AvgIpc) is 3.73. The number of hydrogen-bond acceptors (Lipinski definition) is 6. The van der Waals surface area contributed by atoms with E-state index in [0.29, 0.717) is 0 Å². The number of aromatic nitrogens is 3. The number of benzene rings is 6. The minimum Gasteiger partial charge on any atom is -0.501 e. The second-order valence-corrected chi connectivity index (χ2v) is 12.6. The SMILES string of the molecule is Cc1ccc(-c2[c-]cccc2)nc1.Cn1c(-c2[c-]ccc3c2oc2ccccc23)nc2ccc3c(c21)Oc1cccc2c1N3c1ccccc1O2.[Ir]. The summed E-state index contributed by atoms with van der Waals surface area (Å²) in [6.45, 7) is 2.03. The molecule has 2 aliphatic rings. The Bertz CT molecular complexity index is 2790. The molecule has 0 N–H and O–H groups in total. The van der Waals surface area contributed by atoms with Crippen molar-refractivity contribution < 1.29 is 34.0 Å². The minimum atomic E-state index is 0. The number of anilines is 3. The second-order valence-electron chi connectivity index (χ2n) is 12.6. The van der Waals surface area contributed by atoms with Crippen LogP contribution in [0.1, 0.15) is 5.56 Å². The van der Waals surface area contributed by atoms with Gasteiger partial charge >= 0.3 is 0 Å². The molecule has 0 aliphatic carbocycles. The van der Waals surface area contributed by atoms with E-state index in [2.05, 4.69) is 50.8 Å². The number of aryl methyl sites for hydroxylation is 2. The Kier molecular flexibility index (Phi) is 7.65. The van der Waals surface area contributed by atoms with Crippen molar-refractivity contribution in [1.29, 1.82) is 0 Å². The fourth-order valence-corrected chi connectivity index (χ4v) is 7.01. The Balaban J connectivity index is 0.000000219. The number of furan rings is 1. The molecule has 5 heterocycles. The van der Waals surface area contributed by atoms with E-state index in [9.17, 15) is 0 Å². The van der Waals surface area contributed by atoms with Crippen LogP contribution in [0.2, 0.25) is 0 Å². The number of ether oxygens (including phenoxy) is 2. The molecule has 52 heavy (non-hydrogen) atoms. The largest absolute Gasteiger partial charge is 0.501 e.